The molecule has 5 heteroatoms. The van der Waals surface area contributed by atoms with Crippen LogP contribution in [0.15, 0.2) is 46.7 Å². The number of thiophene rings is 1. The van der Waals surface area contributed by atoms with Crippen molar-refractivity contribution in [1.82, 2.24) is 4.98 Å². The maximum atomic E-state index is 9.64. The van der Waals surface area contributed by atoms with Gasteiger partial charge in [0.2, 0.25) is 0 Å². The van der Waals surface area contributed by atoms with Crippen LogP contribution in [-0.4, -0.2) is 17.1 Å². The molecule has 0 atom stereocenters. The van der Waals surface area contributed by atoms with Gasteiger partial charge in [0.1, 0.15) is 0 Å². The molecule has 2 heterocycles. The number of hydrogen-bond donors (Lipinski definition) is 1. The van der Waals surface area contributed by atoms with Gasteiger partial charge < -0.3 is 14.4 Å². The number of benzene rings is 1. The zero-order chi connectivity index (χ0) is 15.5. The average Bonchev–Trinajstić information content (AvgIpc) is 3.18. The van der Waals surface area contributed by atoms with Gasteiger partial charge >= 0.3 is 0 Å². The van der Waals surface area contributed by atoms with Gasteiger partial charge in [0, 0.05) is 29.7 Å². The Balaban J connectivity index is 1.85. The summed E-state index contributed by atoms with van der Waals surface area (Å²) in [6, 6.07) is 8.21. The van der Waals surface area contributed by atoms with E-state index in [0.29, 0.717) is 5.76 Å². The highest BCUT2D eigenvalue weighted by Crippen LogP contribution is 2.28. The van der Waals surface area contributed by atoms with Crippen molar-refractivity contribution in [3.63, 3.8) is 0 Å². The lowest BCUT2D eigenvalue weighted by Gasteiger charge is -2.20. The Kier molecular flexibility index (Phi) is 4.27. The molecule has 0 radical (unpaired) electrons. The largest absolute Gasteiger partial charge is 0.444 e. The zero-order valence-corrected chi connectivity index (χ0v) is 13.4. The number of aryl methyl sites for hydroxylation is 1. The number of oxazole rings is 1. The SMILES string of the molecule is Cc1cc(CN(C)c2ccc(-c3cnco3)c(CO)c2)cs1. The van der Waals surface area contributed by atoms with Gasteiger partial charge in [-0.1, -0.05) is 0 Å². The molecular formula is C17H18N2O2S. The fourth-order valence-corrected chi connectivity index (χ4v) is 3.18. The van der Waals surface area contributed by atoms with E-state index in [-0.39, 0.29) is 6.61 Å². The quantitative estimate of drug-likeness (QED) is 0.777. The predicted octanol–water partition coefficient (Wildman–Crippen LogP) is 3.84. The second-order valence-corrected chi connectivity index (χ2v) is 6.40. The number of nitrogens with zero attached hydrogens (tertiary/aromatic N) is 2. The predicted molar refractivity (Wildman–Crippen MR) is 89.0 cm³/mol. The Hall–Kier alpha value is -2.11. The maximum Gasteiger partial charge on any atom is 0.181 e. The van der Waals surface area contributed by atoms with E-state index >= 15 is 0 Å². The van der Waals surface area contributed by atoms with Crippen LogP contribution in [0, 0.1) is 6.92 Å². The van der Waals surface area contributed by atoms with Crippen LogP contribution in [0.1, 0.15) is 16.0 Å². The Labute approximate surface area is 133 Å². The minimum atomic E-state index is -0.0325. The lowest BCUT2D eigenvalue weighted by Crippen LogP contribution is -2.16. The molecule has 1 N–H and O–H groups in total. The summed E-state index contributed by atoms with van der Waals surface area (Å²) >= 11 is 1.76. The summed E-state index contributed by atoms with van der Waals surface area (Å²) in [7, 11) is 2.05. The first kappa shape index (κ1) is 14.8. The number of hydrogen-bond acceptors (Lipinski definition) is 5. The van der Waals surface area contributed by atoms with E-state index in [4.69, 9.17) is 4.42 Å². The number of aromatic nitrogens is 1. The van der Waals surface area contributed by atoms with Crippen LogP contribution in [0.4, 0.5) is 5.69 Å². The minimum absolute atomic E-state index is 0.0325. The standard InChI is InChI=1S/C17H18N2O2S/c1-12-5-13(10-22-12)8-19(2)15-3-4-16(14(6-15)9-20)17-7-18-11-21-17/h3-7,10-11,20H,8-9H2,1-2H3. The Morgan fingerprint density at radius 3 is 2.82 bits per heavy atom. The van der Waals surface area contributed by atoms with Crippen molar-refractivity contribution in [2.75, 3.05) is 11.9 Å². The molecular weight excluding hydrogens is 296 g/mol. The average molecular weight is 314 g/mol. The van der Waals surface area contributed by atoms with E-state index in [1.54, 1.807) is 17.5 Å². The molecule has 2 aromatic heterocycles. The molecule has 22 heavy (non-hydrogen) atoms. The Morgan fingerprint density at radius 2 is 2.18 bits per heavy atom. The highest BCUT2D eigenvalue weighted by molar-refractivity contribution is 7.10. The van der Waals surface area contributed by atoms with E-state index < -0.39 is 0 Å². The summed E-state index contributed by atoms with van der Waals surface area (Å²) in [5, 5.41) is 11.8. The van der Waals surface area contributed by atoms with Crippen molar-refractivity contribution >= 4 is 17.0 Å². The third-order valence-corrected chi connectivity index (χ3v) is 4.51. The van der Waals surface area contributed by atoms with Gasteiger partial charge in [0.25, 0.3) is 0 Å². The molecule has 0 amide bonds. The number of rotatable bonds is 5. The van der Waals surface area contributed by atoms with E-state index in [2.05, 4.69) is 35.3 Å². The molecule has 0 aliphatic rings. The molecule has 4 nitrogen and oxygen atoms in total. The van der Waals surface area contributed by atoms with Gasteiger partial charge in [-0.2, -0.15) is 0 Å². The molecule has 3 aromatic rings. The molecule has 1 aromatic carbocycles. The summed E-state index contributed by atoms with van der Waals surface area (Å²) in [6.07, 6.45) is 3.06. The monoisotopic (exact) mass is 314 g/mol. The van der Waals surface area contributed by atoms with Crippen molar-refractivity contribution in [3.8, 4) is 11.3 Å². The molecule has 0 saturated heterocycles. The summed E-state index contributed by atoms with van der Waals surface area (Å²) in [6.45, 7) is 2.93. The number of aliphatic hydroxyl groups excluding tert-OH is 1. The zero-order valence-electron chi connectivity index (χ0n) is 12.6. The smallest absolute Gasteiger partial charge is 0.181 e. The minimum Gasteiger partial charge on any atom is -0.444 e. The molecule has 0 unspecified atom stereocenters. The lowest BCUT2D eigenvalue weighted by atomic mass is 10.0. The Bertz CT molecular complexity index is 750. The number of anilines is 1. The second kappa shape index (κ2) is 6.34. The van der Waals surface area contributed by atoms with Crippen LogP contribution in [0.3, 0.4) is 0 Å². The van der Waals surface area contributed by atoms with Crippen molar-refractivity contribution < 1.29 is 9.52 Å². The molecule has 0 fully saturated rings. The van der Waals surface area contributed by atoms with Gasteiger partial charge in [-0.15, -0.1) is 11.3 Å². The van der Waals surface area contributed by atoms with Gasteiger partial charge in [-0.25, -0.2) is 4.98 Å². The van der Waals surface area contributed by atoms with Crippen molar-refractivity contribution in [1.29, 1.82) is 0 Å². The number of aliphatic hydroxyl groups is 1. The summed E-state index contributed by atoms with van der Waals surface area (Å²) in [4.78, 5) is 7.42. The fourth-order valence-electron chi connectivity index (χ4n) is 2.48. The van der Waals surface area contributed by atoms with Crippen LogP contribution in [0.25, 0.3) is 11.3 Å². The van der Waals surface area contributed by atoms with Crippen molar-refractivity contribution in [2.45, 2.75) is 20.1 Å². The molecule has 0 spiro atoms. The van der Waals surface area contributed by atoms with Crippen molar-refractivity contribution in [2.24, 2.45) is 0 Å². The molecule has 0 saturated carbocycles. The van der Waals surface area contributed by atoms with Crippen LogP contribution in [0.2, 0.25) is 0 Å². The van der Waals surface area contributed by atoms with E-state index in [1.165, 1.54) is 16.8 Å². The molecule has 0 bridgehead atoms. The first-order valence-electron chi connectivity index (χ1n) is 7.05. The molecule has 0 aliphatic carbocycles. The van der Waals surface area contributed by atoms with Crippen molar-refractivity contribution in [3.05, 3.63) is 58.2 Å². The topological polar surface area (TPSA) is 49.5 Å². The second-order valence-electron chi connectivity index (χ2n) is 5.29. The van der Waals surface area contributed by atoms with Gasteiger partial charge in [0.05, 0.1) is 12.8 Å². The fraction of sp³-hybridized carbons (Fsp3) is 0.235. The third-order valence-electron chi connectivity index (χ3n) is 3.60. The highest BCUT2D eigenvalue weighted by atomic mass is 32.1. The molecule has 114 valence electrons. The Morgan fingerprint density at radius 1 is 1.32 bits per heavy atom. The summed E-state index contributed by atoms with van der Waals surface area (Å²) < 4.78 is 5.33. The normalized spacial score (nSPS) is 10.9. The summed E-state index contributed by atoms with van der Waals surface area (Å²) in [5.74, 6) is 0.673. The van der Waals surface area contributed by atoms with Gasteiger partial charge in [-0.3, -0.25) is 0 Å². The first-order chi connectivity index (χ1) is 10.7. The summed E-state index contributed by atoms with van der Waals surface area (Å²) in [5.41, 5.74) is 4.08. The highest BCUT2D eigenvalue weighted by Gasteiger charge is 2.11. The van der Waals surface area contributed by atoms with E-state index in [0.717, 1.165) is 23.4 Å². The maximum absolute atomic E-state index is 9.64. The van der Waals surface area contributed by atoms with Gasteiger partial charge in [-0.05, 0) is 47.7 Å². The van der Waals surface area contributed by atoms with Crippen LogP contribution in [0.5, 0.6) is 0 Å². The van der Waals surface area contributed by atoms with E-state index in [9.17, 15) is 5.11 Å². The van der Waals surface area contributed by atoms with Crippen LogP contribution in [-0.2, 0) is 13.2 Å². The third kappa shape index (κ3) is 3.05. The first-order valence-corrected chi connectivity index (χ1v) is 7.93. The van der Waals surface area contributed by atoms with Crippen LogP contribution >= 0.6 is 11.3 Å². The van der Waals surface area contributed by atoms with Crippen LogP contribution < -0.4 is 4.90 Å². The molecule has 0 aliphatic heterocycles. The van der Waals surface area contributed by atoms with Gasteiger partial charge in [0.15, 0.2) is 12.2 Å². The molecule has 3 rings (SSSR count). The van der Waals surface area contributed by atoms with E-state index in [1.807, 2.05) is 18.2 Å². The lowest BCUT2D eigenvalue weighted by molar-refractivity contribution is 0.282.